The van der Waals surface area contributed by atoms with Crippen LogP contribution in [0.4, 0.5) is 0 Å². The molecule has 1 aromatic heterocycles. The zero-order valence-electron chi connectivity index (χ0n) is 17.8. The van der Waals surface area contributed by atoms with Crippen LogP contribution < -0.4 is 10.1 Å². The fourth-order valence-corrected chi connectivity index (χ4v) is 4.37. The first-order valence-electron chi connectivity index (χ1n) is 10.4. The van der Waals surface area contributed by atoms with Gasteiger partial charge in [-0.05, 0) is 41.0 Å². The Morgan fingerprint density at radius 2 is 1.76 bits per heavy atom. The lowest BCUT2D eigenvalue weighted by molar-refractivity contribution is -0.124. The van der Waals surface area contributed by atoms with E-state index in [0.717, 1.165) is 26.9 Å². The number of hydrogen-bond donors (Lipinski definition) is 1. The number of benzene rings is 3. The number of carbonyl (C=O) groups excluding carboxylic acids is 2. The van der Waals surface area contributed by atoms with Crippen molar-refractivity contribution in [3.05, 3.63) is 83.4 Å². The van der Waals surface area contributed by atoms with E-state index >= 15 is 0 Å². The first-order valence-corrected chi connectivity index (χ1v) is 11.2. The van der Waals surface area contributed by atoms with Gasteiger partial charge in [0.05, 0.1) is 23.2 Å². The maximum atomic E-state index is 12.3. The summed E-state index contributed by atoms with van der Waals surface area (Å²) < 4.78 is 6.22. The highest BCUT2D eigenvalue weighted by Crippen LogP contribution is 2.28. The second-order valence-corrected chi connectivity index (χ2v) is 8.53. The van der Waals surface area contributed by atoms with E-state index in [2.05, 4.69) is 28.5 Å². The minimum Gasteiger partial charge on any atom is -0.479 e. The van der Waals surface area contributed by atoms with E-state index in [4.69, 9.17) is 10.00 Å². The van der Waals surface area contributed by atoms with Crippen LogP contribution in [0, 0.1) is 11.3 Å². The van der Waals surface area contributed by atoms with Crippen LogP contribution in [0.1, 0.15) is 10.6 Å². The van der Waals surface area contributed by atoms with Gasteiger partial charge in [-0.2, -0.15) is 5.26 Å². The number of fused-ring (bicyclic) bond motifs is 1. The molecule has 0 bridgehead atoms. The summed E-state index contributed by atoms with van der Waals surface area (Å²) in [4.78, 5) is 29.1. The Morgan fingerprint density at radius 1 is 0.970 bits per heavy atom. The molecule has 0 spiro atoms. The summed E-state index contributed by atoms with van der Waals surface area (Å²) in [6, 6.07) is 25.1. The first-order chi connectivity index (χ1) is 16.1. The summed E-state index contributed by atoms with van der Waals surface area (Å²) in [6.45, 7) is -0.0538. The number of carbonyl (C=O) groups is 2. The Labute approximate surface area is 195 Å². The van der Waals surface area contributed by atoms with Gasteiger partial charge in [-0.25, -0.2) is 4.98 Å². The largest absolute Gasteiger partial charge is 0.479 e. The SMILES string of the molecule is N#CCOc1ccc(CC(=O)CNC(=O)Cc2nc3ccc(-c4ccccc4)cc3s2)cc1. The second kappa shape index (κ2) is 10.5. The molecule has 0 radical (unpaired) electrons. The third-order valence-corrected chi connectivity index (χ3v) is 5.98. The van der Waals surface area contributed by atoms with Crippen molar-refractivity contribution in [1.82, 2.24) is 10.3 Å². The lowest BCUT2D eigenvalue weighted by atomic mass is 10.1. The van der Waals surface area contributed by atoms with Gasteiger partial charge in [0.15, 0.2) is 12.4 Å². The molecule has 4 aromatic rings. The molecule has 0 saturated carbocycles. The van der Waals surface area contributed by atoms with E-state index < -0.39 is 0 Å². The Morgan fingerprint density at radius 3 is 2.52 bits per heavy atom. The standard InChI is InChI=1S/C26H21N3O3S/c27-12-13-32-22-9-6-18(7-10-22)14-21(30)17-28-25(31)16-26-29-23-11-8-20(15-24(23)33-26)19-4-2-1-3-5-19/h1-11,15H,13-14,16-17H2,(H,28,31). The Hall–Kier alpha value is -4.02. The minimum absolute atomic E-state index is 0.0207. The van der Waals surface area contributed by atoms with E-state index in [1.54, 1.807) is 24.3 Å². The summed E-state index contributed by atoms with van der Waals surface area (Å²) in [5.74, 6) is 0.254. The van der Waals surface area contributed by atoms with Crippen molar-refractivity contribution in [3.63, 3.8) is 0 Å². The number of aromatic nitrogens is 1. The van der Waals surface area contributed by atoms with Crippen molar-refractivity contribution in [2.75, 3.05) is 13.2 Å². The van der Waals surface area contributed by atoms with Gasteiger partial charge < -0.3 is 10.1 Å². The molecule has 3 aromatic carbocycles. The van der Waals surface area contributed by atoms with Gasteiger partial charge in [0.25, 0.3) is 0 Å². The monoisotopic (exact) mass is 455 g/mol. The maximum absolute atomic E-state index is 12.3. The molecular formula is C26H21N3O3S. The number of nitriles is 1. The molecule has 0 fully saturated rings. The van der Waals surface area contributed by atoms with Crippen LogP contribution in [-0.2, 0) is 22.4 Å². The smallest absolute Gasteiger partial charge is 0.227 e. The molecule has 7 heteroatoms. The molecule has 0 atom stereocenters. The van der Waals surface area contributed by atoms with Crippen molar-refractivity contribution < 1.29 is 14.3 Å². The van der Waals surface area contributed by atoms with Crippen molar-refractivity contribution in [1.29, 1.82) is 5.26 Å². The average Bonchev–Trinajstić information content (AvgIpc) is 3.24. The number of thiazole rings is 1. The second-order valence-electron chi connectivity index (χ2n) is 7.42. The molecule has 0 aliphatic rings. The Balaban J connectivity index is 1.29. The fraction of sp³-hybridized carbons (Fsp3) is 0.154. The van der Waals surface area contributed by atoms with Crippen molar-refractivity contribution in [2.45, 2.75) is 12.8 Å². The Bertz CT molecular complexity index is 1310. The van der Waals surface area contributed by atoms with E-state index in [-0.39, 0.29) is 37.7 Å². The van der Waals surface area contributed by atoms with Gasteiger partial charge in [0.2, 0.25) is 5.91 Å². The topological polar surface area (TPSA) is 92.1 Å². The van der Waals surface area contributed by atoms with Crippen molar-refractivity contribution >= 4 is 33.2 Å². The molecule has 4 rings (SSSR count). The van der Waals surface area contributed by atoms with Crippen LogP contribution in [0.2, 0.25) is 0 Å². The summed E-state index contributed by atoms with van der Waals surface area (Å²) in [5.41, 5.74) is 3.92. The number of amides is 1. The molecule has 1 amide bonds. The molecule has 164 valence electrons. The van der Waals surface area contributed by atoms with E-state index in [9.17, 15) is 9.59 Å². The van der Waals surface area contributed by atoms with Crippen LogP contribution in [0.25, 0.3) is 21.3 Å². The highest BCUT2D eigenvalue weighted by Gasteiger charge is 2.12. The van der Waals surface area contributed by atoms with Gasteiger partial charge in [0, 0.05) is 6.42 Å². The number of nitrogens with one attached hydrogen (secondary N) is 1. The average molecular weight is 456 g/mol. The summed E-state index contributed by atoms with van der Waals surface area (Å²) in [7, 11) is 0. The number of ether oxygens (including phenoxy) is 1. The molecule has 0 aliphatic carbocycles. The molecule has 0 unspecified atom stereocenters. The molecular weight excluding hydrogens is 434 g/mol. The Kier molecular flexibility index (Phi) is 7.08. The van der Waals surface area contributed by atoms with Gasteiger partial charge in [-0.15, -0.1) is 11.3 Å². The summed E-state index contributed by atoms with van der Waals surface area (Å²) in [5, 5.41) is 11.9. The van der Waals surface area contributed by atoms with Gasteiger partial charge in [-0.1, -0.05) is 48.5 Å². The molecule has 33 heavy (non-hydrogen) atoms. The van der Waals surface area contributed by atoms with Crippen LogP contribution in [-0.4, -0.2) is 29.8 Å². The highest BCUT2D eigenvalue weighted by atomic mass is 32.1. The van der Waals surface area contributed by atoms with Gasteiger partial charge in [0.1, 0.15) is 16.8 Å². The van der Waals surface area contributed by atoms with Crippen LogP contribution in [0.5, 0.6) is 5.75 Å². The quantitative estimate of drug-likeness (QED) is 0.405. The number of rotatable bonds is 9. The maximum Gasteiger partial charge on any atom is 0.227 e. The van der Waals surface area contributed by atoms with E-state index in [1.807, 2.05) is 36.4 Å². The third-order valence-electron chi connectivity index (χ3n) is 4.96. The van der Waals surface area contributed by atoms with Crippen LogP contribution in [0.15, 0.2) is 72.8 Å². The minimum atomic E-state index is -0.231. The molecule has 0 aliphatic heterocycles. The zero-order chi connectivity index (χ0) is 23.0. The van der Waals surface area contributed by atoms with Crippen molar-refractivity contribution in [3.8, 4) is 22.9 Å². The highest BCUT2D eigenvalue weighted by molar-refractivity contribution is 7.18. The molecule has 6 nitrogen and oxygen atoms in total. The molecule has 0 saturated heterocycles. The molecule has 1 N–H and O–H groups in total. The lowest BCUT2D eigenvalue weighted by Gasteiger charge is -2.05. The number of Topliss-reactive ketones (excluding diaryl/α,β-unsaturated/α-hetero) is 1. The number of nitrogens with zero attached hydrogens (tertiary/aromatic N) is 2. The molecule has 1 heterocycles. The fourth-order valence-electron chi connectivity index (χ4n) is 3.36. The zero-order valence-corrected chi connectivity index (χ0v) is 18.6. The first kappa shape index (κ1) is 22.2. The predicted octanol–water partition coefficient (Wildman–Crippen LogP) is 4.34. The number of ketones is 1. The summed E-state index contributed by atoms with van der Waals surface area (Å²) >= 11 is 1.49. The van der Waals surface area contributed by atoms with Crippen LogP contribution in [0.3, 0.4) is 0 Å². The third kappa shape index (κ3) is 6.03. The normalized spacial score (nSPS) is 10.5. The number of hydrogen-bond acceptors (Lipinski definition) is 6. The van der Waals surface area contributed by atoms with Crippen LogP contribution >= 0.6 is 11.3 Å². The lowest BCUT2D eigenvalue weighted by Crippen LogP contribution is -2.31. The van der Waals surface area contributed by atoms with Gasteiger partial charge in [-0.3, -0.25) is 9.59 Å². The van der Waals surface area contributed by atoms with Gasteiger partial charge >= 0.3 is 0 Å². The van der Waals surface area contributed by atoms with Crippen molar-refractivity contribution in [2.24, 2.45) is 0 Å². The summed E-state index contributed by atoms with van der Waals surface area (Å²) in [6.07, 6.45) is 0.348. The van der Waals surface area contributed by atoms with E-state index in [0.29, 0.717) is 10.8 Å². The predicted molar refractivity (Wildman–Crippen MR) is 128 cm³/mol. The van der Waals surface area contributed by atoms with E-state index in [1.165, 1.54) is 11.3 Å².